The maximum absolute atomic E-state index is 12.7. The number of hydrogen-bond donors (Lipinski definition) is 2. The van der Waals surface area contributed by atoms with Crippen molar-refractivity contribution in [2.75, 3.05) is 4.31 Å². The summed E-state index contributed by atoms with van der Waals surface area (Å²) >= 11 is 0. The molecule has 2 aromatic carbocycles. The average Bonchev–Trinajstić information content (AvgIpc) is 2.47. The van der Waals surface area contributed by atoms with Gasteiger partial charge in [-0.15, -0.1) is 0 Å². The second kappa shape index (κ2) is 6.09. The molecule has 0 aliphatic rings. The summed E-state index contributed by atoms with van der Waals surface area (Å²) in [5.41, 5.74) is 11.1. The number of sulfonamides is 1. The Kier molecular flexibility index (Phi) is 4.37. The summed E-state index contributed by atoms with van der Waals surface area (Å²) < 4.78 is 26.0. The minimum atomic E-state index is -4.17. The molecular weight excluding hydrogens is 318 g/mol. The van der Waals surface area contributed by atoms with Gasteiger partial charge in [-0.1, -0.05) is 18.2 Å². The molecule has 0 aliphatic carbocycles. The molecule has 120 valence electrons. The Balaban J connectivity index is 2.57. The molecule has 0 saturated carbocycles. The molecule has 2 rings (SSSR count). The summed E-state index contributed by atoms with van der Waals surface area (Å²) in [4.78, 5) is 22.8. The first-order chi connectivity index (χ1) is 10.7. The minimum absolute atomic E-state index is 0.0192. The van der Waals surface area contributed by atoms with Crippen molar-refractivity contribution in [3.05, 3.63) is 59.7 Å². The molecule has 7 nitrogen and oxygen atoms in total. The molecule has 0 spiro atoms. The van der Waals surface area contributed by atoms with E-state index in [2.05, 4.69) is 0 Å². The van der Waals surface area contributed by atoms with Crippen molar-refractivity contribution < 1.29 is 18.0 Å². The van der Waals surface area contributed by atoms with Gasteiger partial charge in [0, 0.05) is 5.56 Å². The minimum Gasteiger partial charge on any atom is -0.366 e. The number of carbonyl (C=O) groups excluding carboxylic acids is 2. The van der Waals surface area contributed by atoms with Crippen LogP contribution in [0.25, 0.3) is 0 Å². The maximum atomic E-state index is 12.7. The SMILES string of the molecule is Cc1ccccc1S(=O)(=O)N(C(N)=O)c1ccc(C(N)=O)cc1. The van der Waals surface area contributed by atoms with E-state index in [1.165, 1.54) is 30.3 Å². The highest BCUT2D eigenvalue weighted by Crippen LogP contribution is 2.25. The van der Waals surface area contributed by atoms with E-state index in [0.717, 1.165) is 0 Å². The fourth-order valence-electron chi connectivity index (χ4n) is 2.09. The number of rotatable bonds is 4. The highest BCUT2D eigenvalue weighted by atomic mass is 32.2. The molecular formula is C15H15N3O4S. The second-order valence-electron chi connectivity index (χ2n) is 4.78. The van der Waals surface area contributed by atoms with Crippen LogP contribution in [0.1, 0.15) is 15.9 Å². The molecule has 0 radical (unpaired) electrons. The summed E-state index contributed by atoms with van der Waals surface area (Å²) in [6.45, 7) is 1.61. The smallest absolute Gasteiger partial charge is 0.333 e. The zero-order valence-corrected chi connectivity index (χ0v) is 13.1. The Hall–Kier alpha value is -2.87. The van der Waals surface area contributed by atoms with Crippen molar-refractivity contribution in [1.29, 1.82) is 0 Å². The van der Waals surface area contributed by atoms with Crippen LogP contribution in [-0.2, 0) is 10.0 Å². The molecule has 8 heteroatoms. The first-order valence-electron chi connectivity index (χ1n) is 6.55. The van der Waals surface area contributed by atoms with E-state index in [0.29, 0.717) is 9.87 Å². The first-order valence-corrected chi connectivity index (χ1v) is 7.99. The zero-order chi connectivity index (χ0) is 17.2. The van der Waals surface area contributed by atoms with Gasteiger partial charge >= 0.3 is 6.03 Å². The number of nitrogens with zero attached hydrogens (tertiary/aromatic N) is 1. The van der Waals surface area contributed by atoms with E-state index in [4.69, 9.17) is 11.5 Å². The lowest BCUT2D eigenvalue weighted by atomic mass is 10.2. The van der Waals surface area contributed by atoms with Gasteiger partial charge in [0.15, 0.2) is 0 Å². The van der Waals surface area contributed by atoms with Gasteiger partial charge < -0.3 is 11.5 Å². The van der Waals surface area contributed by atoms with Crippen molar-refractivity contribution in [2.45, 2.75) is 11.8 Å². The van der Waals surface area contributed by atoms with Crippen molar-refractivity contribution in [1.82, 2.24) is 0 Å². The normalized spacial score (nSPS) is 11.0. The van der Waals surface area contributed by atoms with Gasteiger partial charge in [0.25, 0.3) is 10.0 Å². The number of aryl methyl sites for hydroxylation is 1. The number of nitrogens with two attached hydrogens (primary N) is 2. The Bertz CT molecular complexity index is 861. The van der Waals surface area contributed by atoms with Gasteiger partial charge in [-0.3, -0.25) is 4.79 Å². The van der Waals surface area contributed by atoms with Gasteiger partial charge in [-0.2, -0.15) is 4.31 Å². The largest absolute Gasteiger partial charge is 0.366 e. The summed E-state index contributed by atoms with van der Waals surface area (Å²) in [6.07, 6.45) is 0. The molecule has 0 fully saturated rings. The fourth-order valence-corrected chi connectivity index (χ4v) is 3.65. The van der Waals surface area contributed by atoms with Crippen LogP contribution in [0.3, 0.4) is 0 Å². The van der Waals surface area contributed by atoms with E-state index in [1.54, 1.807) is 25.1 Å². The quantitative estimate of drug-likeness (QED) is 0.876. The zero-order valence-electron chi connectivity index (χ0n) is 12.3. The fraction of sp³-hybridized carbons (Fsp3) is 0.0667. The molecule has 0 bridgehead atoms. The predicted molar refractivity (Wildman–Crippen MR) is 85.4 cm³/mol. The van der Waals surface area contributed by atoms with Crippen molar-refractivity contribution in [3.63, 3.8) is 0 Å². The van der Waals surface area contributed by atoms with E-state index < -0.39 is 22.0 Å². The van der Waals surface area contributed by atoms with Crippen LogP contribution in [0.15, 0.2) is 53.4 Å². The number of anilines is 1. The summed E-state index contributed by atoms with van der Waals surface area (Å²) in [5.74, 6) is -0.663. The standard InChI is InChI=1S/C15H15N3O4S/c1-10-4-2-3-5-13(10)23(21,22)18(15(17)20)12-8-6-11(7-9-12)14(16)19/h2-9H,1H3,(H2,16,19)(H2,17,20). The van der Waals surface area contributed by atoms with Crippen molar-refractivity contribution >= 4 is 27.6 Å². The molecule has 0 atom stereocenters. The average molecular weight is 333 g/mol. The van der Waals surface area contributed by atoms with E-state index in [-0.39, 0.29) is 16.1 Å². The van der Waals surface area contributed by atoms with E-state index in [9.17, 15) is 18.0 Å². The third-order valence-electron chi connectivity index (χ3n) is 3.20. The van der Waals surface area contributed by atoms with Gasteiger partial charge in [-0.05, 0) is 42.8 Å². The van der Waals surface area contributed by atoms with Crippen LogP contribution < -0.4 is 15.8 Å². The molecule has 23 heavy (non-hydrogen) atoms. The molecule has 3 amide bonds. The second-order valence-corrected chi connectivity index (χ2v) is 6.54. The lowest BCUT2D eigenvalue weighted by molar-refractivity contribution is 0.100. The Morgan fingerprint density at radius 2 is 1.52 bits per heavy atom. The number of carbonyl (C=O) groups is 2. The predicted octanol–water partition coefficient (Wildman–Crippen LogP) is 1.37. The number of benzene rings is 2. The van der Waals surface area contributed by atoms with Crippen LogP contribution >= 0.6 is 0 Å². The topological polar surface area (TPSA) is 124 Å². The summed E-state index contributed by atoms with van der Waals surface area (Å²) in [5, 5.41) is 0. The highest BCUT2D eigenvalue weighted by Gasteiger charge is 2.30. The van der Waals surface area contributed by atoms with Crippen molar-refractivity contribution in [3.8, 4) is 0 Å². The molecule has 0 unspecified atom stereocenters. The first kappa shape index (κ1) is 16.5. The monoisotopic (exact) mass is 333 g/mol. The van der Waals surface area contributed by atoms with E-state index in [1.807, 2.05) is 0 Å². The third-order valence-corrected chi connectivity index (χ3v) is 5.08. The molecule has 4 N–H and O–H groups in total. The summed E-state index contributed by atoms with van der Waals surface area (Å²) in [6, 6.07) is 10.3. The number of amides is 3. The maximum Gasteiger partial charge on any atom is 0.333 e. The van der Waals surface area contributed by atoms with Crippen LogP contribution in [-0.4, -0.2) is 20.4 Å². The molecule has 0 saturated heterocycles. The Labute approximate surface area is 133 Å². The third kappa shape index (κ3) is 3.16. The van der Waals surface area contributed by atoms with Crippen LogP contribution in [0.5, 0.6) is 0 Å². The molecule has 0 aliphatic heterocycles. The van der Waals surface area contributed by atoms with Crippen LogP contribution in [0, 0.1) is 6.92 Å². The number of hydrogen-bond acceptors (Lipinski definition) is 4. The van der Waals surface area contributed by atoms with Crippen LogP contribution in [0.4, 0.5) is 10.5 Å². The van der Waals surface area contributed by atoms with Gasteiger partial charge in [-0.25, -0.2) is 13.2 Å². The van der Waals surface area contributed by atoms with Crippen molar-refractivity contribution in [2.24, 2.45) is 11.5 Å². The van der Waals surface area contributed by atoms with Gasteiger partial charge in [0.2, 0.25) is 5.91 Å². The number of primary amides is 2. The molecule has 0 aromatic heterocycles. The Morgan fingerprint density at radius 1 is 0.957 bits per heavy atom. The highest BCUT2D eigenvalue weighted by molar-refractivity contribution is 7.93. The van der Waals surface area contributed by atoms with Gasteiger partial charge in [0.1, 0.15) is 0 Å². The van der Waals surface area contributed by atoms with Crippen LogP contribution in [0.2, 0.25) is 0 Å². The summed E-state index contributed by atoms with van der Waals surface area (Å²) in [7, 11) is -4.17. The lowest BCUT2D eigenvalue weighted by Gasteiger charge is -2.21. The number of urea groups is 1. The van der Waals surface area contributed by atoms with E-state index >= 15 is 0 Å². The van der Waals surface area contributed by atoms with Gasteiger partial charge in [0.05, 0.1) is 10.6 Å². The lowest BCUT2D eigenvalue weighted by Crippen LogP contribution is -2.41. The molecule has 0 heterocycles. The Morgan fingerprint density at radius 3 is 2.00 bits per heavy atom. The molecule has 2 aromatic rings.